The molecular weight excluding hydrogens is 218 g/mol. The summed E-state index contributed by atoms with van der Waals surface area (Å²) in [4.78, 5) is 25.0. The summed E-state index contributed by atoms with van der Waals surface area (Å²) in [5.74, 6) is 0.995. The highest BCUT2D eigenvalue weighted by Crippen LogP contribution is 2.28. The van der Waals surface area contributed by atoms with Crippen molar-refractivity contribution < 1.29 is 14.3 Å². The minimum absolute atomic E-state index is 0.0105. The number of rotatable bonds is 4. The maximum absolute atomic E-state index is 12.1. The van der Waals surface area contributed by atoms with Gasteiger partial charge in [0, 0.05) is 39.6 Å². The summed E-state index contributed by atoms with van der Waals surface area (Å²) < 4.78 is 5.09. The number of amides is 1. The second kappa shape index (κ2) is 5.63. The predicted octanol–water partition coefficient (Wildman–Crippen LogP) is 1.24. The number of nitrogens with zero attached hydrogens (tertiary/aromatic N) is 1. The number of carbonyl (C=O) groups excluding carboxylic acids is 2. The first-order valence-electron chi connectivity index (χ1n) is 6.50. The van der Waals surface area contributed by atoms with Crippen molar-refractivity contribution in [2.24, 2.45) is 11.8 Å². The number of hydrogen-bond donors (Lipinski definition) is 0. The molecule has 4 nitrogen and oxygen atoms in total. The van der Waals surface area contributed by atoms with E-state index < -0.39 is 0 Å². The van der Waals surface area contributed by atoms with Gasteiger partial charge in [-0.1, -0.05) is 0 Å². The second-order valence-corrected chi connectivity index (χ2v) is 5.22. The van der Waals surface area contributed by atoms with E-state index in [0.717, 1.165) is 32.5 Å². The van der Waals surface area contributed by atoms with Gasteiger partial charge in [-0.3, -0.25) is 9.59 Å². The maximum Gasteiger partial charge on any atom is 0.226 e. The zero-order valence-corrected chi connectivity index (χ0v) is 10.5. The van der Waals surface area contributed by atoms with Crippen LogP contribution in [0, 0.1) is 11.8 Å². The summed E-state index contributed by atoms with van der Waals surface area (Å²) in [7, 11) is 1.71. The molecule has 0 N–H and O–H groups in total. The van der Waals surface area contributed by atoms with Crippen LogP contribution in [0.2, 0.25) is 0 Å². The van der Waals surface area contributed by atoms with Crippen molar-refractivity contribution in [2.75, 3.05) is 26.8 Å². The van der Waals surface area contributed by atoms with Gasteiger partial charge in [-0.15, -0.1) is 0 Å². The third-order valence-electron chi connectivity index (χ3n) is 3.86. The number of likely N-dealkylation sites (tertiary alicyclic amines) is 1. The molecule has 0 aromatic carbocycles. The van der Waals surface area contributed by atoms with Crippen molar-refractivity contribution in [3.8, 4) is 0 Å². The largest absolute Gasteiger partial charge is 0.385 e. The van der Waals surface area contributed by atoms with Gasteiger partial charge < -0.3 is 9.64 Å². The van der Waals surface area contributed by atoms with Crippen LogP contribution in [0.4, 0.5) is 0 Å². The topological polar surface area (TPSA) is 46.6 Å². The highest BCUT2D eigenvalue weighted by atomic mass is 16.5. The average Bonchev–Trinajstić information content (AvgIpc) is 2.32. The van der Waals surface area contributed by atoms with Crippen molar-refractivity contribution in [3.63, 3.8) is 0 Å². The van der Waals surface area contributed by atoms with E-state index in [0.29, 0.717) is 18.8 Å². The smallest absolute Gasteiger partial charge is 0.226 e. The van der Waals surface area contributed by atoms with Gasteiger partial charge in [-0.05, 0) is 25.2 Å². The summed E-state index contributed by atoms with van der Waals surface area (Å²) in [5, 5.41) is 0. The Balaban J connectivity index is 1.80. The normalized spacial score (nSPS) is 25.8. The van der Waals surface area contributed by atoms with Crippen molar-refractivity contribution in [1.82, 2.24) is 4.90 Å². The molecule has 1 aliphatic heterocycles. The lowest BCUT2D eigenvalue weighted by Gasteiger charge is -2.36. The molecule has 1 atom stereocenters. The fourth-order valence-corrected chi connectivity index (χ4v) is 2.71. The van der Waals surface area contributed by atoms with Crippen LogP contribution in [-0.4, -0.2) is 43.4 Å². The van der Waals surface area contributed by atoms with Crippen LogP contribution in [0.5, 0.6) is 0 Å². The first kappa shape index (κ1) is 12.6. The molecule has 0 radical (unpaired) electrons. The van der Waals surface area contributed by atoms with Gasteiger partial charge in [0.25, 0.3) is 0 Å². The zero-order chi connectivity index (χ0) is 12.3. The number of ether oxygens (including phenoxy) is 1. The number of Topliss-reactive ketones (excluding diaryl/α,β-unsaturated/α-hetero) is 1. The van der Waals surface area contributed by atoms with E-state index in [1.807, 2.05) is 4.90 Å². The number of hydrogen-bond acceptors (Lipinski definition) is 3. The standard InChI is InChI=1S/C13H21NO3/c1-17-6-4-10-3-2-5-14(9-10)13(16)11-7-12(15)8-11/h10-11H,2-9H2,1H3/t10-/m1/s1. The minimum atomic E-state index is -0.0105. The zero-order valence-electron chi connectivity index (χ0n) is 10.5. The second-order valence-electron chi connectivity index (χ2n) is 5.22. The molecule has 0 unspecified atom stereocenters. The maximum atomic E-state index is 12.1. The molecule has 1 amide bonds. The Morgan fingerprint density at radius 1 is 1.47 bits per heavy atom. The van der Waals surface area contributed by atoms with E-state index in [1.165, 1.54) is 6.42 Å². The molecule has 0 aromatic heterocycles. The molecule has 0 bridgehead atoms. The van der Waals surface area contributed by atoms with Gasteiger partial charge >= 0.3 is 0 Å². The molecule has 2 rings (SSSR count). The van der Waals surface area contributed by atoms with Gasteiger partial charge in [0.15, 0.2) is 0 Å². The van der Waals surface area contributed by atoms with Crippen molar-refractivity contribution in [1.29, 1.82) is 0 Å². The third-order valence-corrected chi connectivity index (χ3v) is 3.86. The first-order chi connectivity index (χ1) is 8.20. The lowest BCUT2D eigenvalue weighted by Crippen LogP contribution is -2.46. The average molecular weight is 239 g/mol. The Morgan fingerprint density at radius 3 is 2.88 bits per heavy atom. The molecule has 2 fully saturated rings. The Bertz CT molecular complexity index is 295. The molecule has 0 spiro atoms. The SMILES string of the molecule is COCC[C@H]1CCCN(C(=O)C2CC(=O)C2)C1. The Kier molecular flexibility index (Phi) is 4.15. The molecule has 17 heavy (non-hydrogen) atoms. The predicted molar refractivity (Wildman–Crippen MR) is 63.5 cm³/mol. The number of methoxy groups -OCH3 is 1. The van der Waals surface area contributed by atoms with Gasteiger partial charge in [0.2, 0.25) is 5.91 Å². The molecular formula is C13H21NO3. The van der Waals surface area contributed by atoms with Crippen LogP contribution < -0.4 is 0 Å². The lowest BCUT2D eigenvalue weighted by atomic mass is 9.82. The Morgan fingerprint density at radius 2 is 2.24 bits per heavy atom. The van der Waals surface area contributed by atoms with E-state index in [-0.39, 0.29) is 17.6 Å². The van der Waals surface area contributed by atoms with E-state index in [9.17, 15) is 9.59 Å². The van der Waals surface area contributed by atoms with E-state index in [2.05, 4.69) is 0 Å². The van der Waals surface area contributed by atoms with Crippen LogP contribution in [0.15, 0.2) is 0 Å². The van der Waals surface area contributed by atoms with E-state index in [1.54, 1.807) is 7.11 Å². The molecule has 96 valence electrons. The van der Waals surface area contributed by atoms with Gasteiger partial charge in [-0.25, -0.2) is 0 Å². The monoisotopic (exact) mass is 239 g/mol. The number of carbonyl (C=O) groups is 2. The molecule has 2 aliphatic rings. The molecule has 1 aliphatic carbocycles. The minimum Gasteiger partial charge on any atom is -0.385 e. The molecule has 1 heterocycles. The van der Waals surface area contributed by atoms with E-state index in [4.69, 9.17) is 4.74 Å². The summed E-state index contributed by atoms with van der Waals surface area (Å²) in [6.07, 6.45) is 4.25. The van der Waals surface area contributed by atoms with Crippen molar-refractivity contribution in [2.45, 2.75) is 32.1 Å². The molecule has 4 heteroatoms. The number of piperidine rings is 1. The highest BCUT2D eigenvalue weighted by molar-refractivity contribution is 5.96. The first-order valence-corrected chi connectivity index (χ1v) is 6.50. The molecule has 1 saturated carbocycles. The molecule has 0 aromatic rings. The summed E-state index contributed by atoms with van der Waals surface area (Å²) in [5.41, 5.74) is 0. The lowest BCUT2D eigenvalue weighted by molar-refractivity contribution is -0.146. The summed E-state index contributed by atoms with van der Waals surface area (Å²) in [6.45, 7) is 2.49. The van der Waals surface area contributed by atoms with Crippen LogP contribution in [0.3, 0.4) is 0 Å². The Hall–Kier alpha value is -0.900. The quantitative estimate of drug-likeness (QED) is 0.741. The summed E-state index contributed by atoms with van der Waals surface area (Å²) >= 11 is 0. The highest BCUT2D eigenvalue weighted by Gasteiger charge is 2.36. The fraction of sp³-hybridized carbons (Fsp3) is 0.846. The van der Waals surface area contributed by atoms with Gasteiger partial charge in [-0.2, -0.15) is 0 Å². The Labute approximate surface area is 102 Å². The summed E-state index contributed by atoms with van der Waals surface area (Å²) in [6, 6.07) is 0. The molecule has 1 saturated heterocycles. The van der Waals surface area contributed by atoms with Crippen molar-refractivity contribution >= 4 is 11.7 Å². The number of ketones is 1. The van der Waals surface area contributed by atoms with Crippen LogP contribution in [0.25, 0.3) is 0 Å². The fourth-order valence-electron chi connectivity index (χ4n) is 2.71. The van der Waals surface area contributed by atoms with Crippen LogP contribution >= 0.6 is 0 Å². The third kappa shape index (κ3) is 3.06. The van der Waals surface area contributed by atoms with Gasteiger partial charge in [0.1, 0.15) is 5.78 Å². The van der Waals surface area contributed by atoms with Crippen LogP contribution in [-0.2, 0) is 14.3 Å². The van der Waals surface area contributed by atoms with Crippen molar-refractivity contribution in [3.05, 3.63) is 0 Å². The van der Waals surface area contributed by atoms with Crippen LogP contribution in [0.1, 0.15) is 32.1 Å². The van der Waals surface area contributed by atoms with E-state index >= 15 is 0 Å². The van der Waals surface area contributed by atoms with Gasteiger partial charge in [0.05, 0.1) is 5.92 Å².